The van der Waals surface area contributed by atoms with Crippen molar-refractivity contribution in [3.8, 4) is 0 Å². The molecule has 0 saturated carbocycles. The second-order valence-corrected chi connectivity index (χ2v) is 4.31. The molecular formula is C11H15NO3S. The fourth-order valence-electron chi connectivity index (χ4n) is 1.12. The Morgan fingerprint density at radius 2 is 2.25 bits per heavy atom. The molecule has 88 valence electrons. The Morgan fingerprint density at radius 3 is 2.81 bits per heavy atom. The Kier molecular flexibility index (Phi) is 4.98. The molecule has 1 amide bonds. The number of carbonyl (C=O) groups excluding carboxylic acids is 2. The Hall–Kier alpha value is -1.36. The molecule has 0 aliphatic rings. The van der Waals surface area contributed by atoms with E-state index >= 15 is 0 Å². The molecule has 16 heavy (non-hydrogen) atoms. The number of carbonyl (C=O) groups is 2. The van der Waals surface area contributed by atoms with Crippen molar-refractivity contribution in [3.63, 3.8) is 0 Å². The Labute approximate surface area is 98.8 Å². The molecule has 0 fully saturated rings. The van der Waals surface area contributed by atoms with Crippen LogP contribution in [-0.2, 0) is 9.53 Å². The minimum atomic E-state index is -0.366. The van der Waals surface area contributed by atoms with Gasteiger partial charge in [0.05, 0.1) is 11.5 Å². The van der Waals surface area contributed by atoms with Crippen molar-refractivity contribution in [1.29, 1.82) is 0 Å². The van der Waals surface area contributed by atoms with Crippen LogP contribution in [0.2, 0.25) is 0 Å². The van der Waals surface area contributed by atoms with Gasteiger partial charge in [0.25, 0.3) is 5.91 Å². The van der Waals surface area contributed by atoms with E-state index in [2.05, 4.69) is 0 Å². The zero-order chi connectivity index (χ0) is 12.0. The van der Waals surface area contributed by atoms with Gasteiger partial charge in [-0.05, 0) is 17.9 Å². The van der Waals surface area contributed by atoms with E-state index < -0.39 is 0 Å². The van der Waals surface area contributed by atoms with Crippen LogP contribution in [-0.4, -0.2) is 37.0 Å². The molecule has 0 saturated heterocycles. The summed E-state index contributed by atoms with van der Waals surface area (Å²) in [5.41, 5.74) is 0. The number of likely N-dealkylation sites (N-methyl/N-ethyl adjacent to an activating group) is 1. The largest absolute Gasteiger partial charge is 0.464 e. The summed E-state index contributed by atoms with van der Waals surface area (Å²) in [5, 5.41) is 1.83. The van der Waals surface area contributed by atoms with Gasteiger partial charge in [0.1, 0.15) is 6.54 Å². The standard InChI is InChI=1S/C11H15NO3S/c1-3-6-15-10(13)8-12(2)11(14)9-5-4-7-16-9/h4-5,7H,3,6,8H2,1-2H3. The molecule has 1 heterocycles. The maximum absolute atomic E-state index is 11.7. The van der Waals surface area contributed by atoms with Crippen LogP contribution in [0.5, 0.6) is 0 Å². The van der Waals surface area contributed by atoms with Gasteiger partial charge in [-0.2, -0.15) is 0 Å². The van der Waals surface area contributed by atoms with Crippen molar-refractivity contribution >= 4 is 23.2 Å². The third-order valence-corrected chi connectivity index (χ3v) is 2.77. The topological polar surface area (TPSA) is 46.6 Å². The quantitative estimate of drug-likeness (QED) is 0.738. The van der Waals surface area contributed by atoms with E-state index in [1.165, 1.54) is 16.2 Å². The van der Waals surface area contributed by atoms with E-state index in [0.29, 0.717) is 11.5 Å². The molecule has 1 aromatic heterocycles. The van der Waals surface area contributed by atoms with Gasteiger partial charge in [-0.3, -0.25) is 9.59 Å². The van der Waals surface area contributed by atoms with Crippen LogP contribution in [0.4, 0.5) is 0 Å². The first-order valence-corrected chi connectivity index (χ1v) is 5.97. The summed E-state index contributed by atoms with van der Waals surface area (Å²) in [4.78, 5) is 25.0. The lowest BCUT2D eigenvalue weighted by Gasteiger charge is -2.14. The van der Waals surface area contributed by atoms with Crippen LogP contribution in [0.3, 0.4) is 0 Å². The number of hydrogen-bond acceptors (Lipinski definition) is 4. The van der Waals surface area contributed by atoms with Crippen molar-refractivity contribution in [2.24, 2.45) is 0 Å². The lowest BCUT2D eigenvalue weighted by molar-refractivity contribution is -0.144. The summed E-state index contributed by atoms with van der Waals surface area (Å²) in [5.74, 6) is -0.516. The molecule has 0 aromatic carbocycles. The number of ether oxygens (including phenoxy) is 1. The number of nitrogens with zero attached hydrogens (tertiary/aromatic N) is 1. The second kappa shape index (κ2) is 6.27. The maximum Gasteiger partial charge on any atom is 0.325 e. The molecule has 0 atom stereocenters. The number of thiophene rings is 1. The minimum Gasteiger partial charge on any atom is -0.464 e. The molecular weight excluding hydrogens is 226 g/mol. The Bertz CT molecular complexity index is 348. The highest BCUT2D eigenvalue weighted by molar-refractivity contribution is 7.12. The lowest BCUT2D eigenvalue weighted by Crippen LogP contribution is -2.32. The van der Waals surface area contributed by atoms with Gasteiger partial charge in [0, 0.05) is 7.05 Å². The summed E-state index contributed by atoms with van der Waals surface area (Å²) in [6, 6.07) is 3.54. The average Bonchev–Trinajstić information content (AvgIpc) is 2.78. The first kappa shape index (κ1) is 12.7. The summed E-state index contributed by atoms with van der Waals surface area (Å²) in [6.07, 6.45) is 0.786. The predicted molar refractivity (Wildman–Crippen MR) is 62.5 cm³/mol. The van der Waals surface area contributed by atoms with E-state index in [1.54, 1.807) is 19.2 Å². The minimum absolute atomic E-state index is 0.00324. The van der Waals surface area contributed by atoms with Gasteiger partial charge >= 0.3 is 5.97 Å². The van der Waals surface area contributed by atoms with Gasteiger partial charge in [0.2, 0.25) is 0 Å². The highest BCUT2D eigenvalue weighted by Crippen LogP contribution is 2.10. The van der Waals surface area contributed by atoms with Crippen molar-refractivity contribution in [2.45, 2.75) is 13.3 Å². The van der Waals surface area contributed by atoms with Crippen LogP contribution >= 0.6 is 11.3 Å². The van der Waals surface area contributed by atoms with E-state index in [0.717, 1.165) is 6.42 Å². The van der Waals surface area contributed by atoms with Gasteiger partial charge < -0.3 is 9.64 Å². The SMILES string of the molecule is CCCOC(=O)CN(C)C(=O)c1cccs1. The van der Waals surface area contributed by atoms with Crippen LogP contribution in [0.15, 0.2) is 17.5 Å². The zero-order valence-electron chi connectivity index (χ0n) is 9.43. The summed E-state index contributed by atoms with van der Waals surface area (Å²) < 4.78 is 4.90. The van der Waals surface area contributed by atoms with E-state index in [-0.39, 0.29) is 18.4 Å². The average molecular weight is 241 g/mol. The van der Waals surface area contributed by atoms with Crippen LogP contribution in [0.25, 0.3) is 0 Å². The van der Waals surface area contributed by atoms with Crippen molar-refractivity contribution in [1.82, 2.24) is 4.90 Å². The first-order valence-electron chi connectivity index (χ1n) is 5.09. The molecule has 5 heteroatoms. The Morgan fingerprint density at radius 1 is 1.50 bits per heavy atom. The van der Waals surface area contributed by atoms with Gasteiger partial charge in [-0.15, -0.1) is 11.3 Å². The molecule has 0 unspecified atom stereocenters. The highest BCUT2D eigenvalue weighted by Gasteiger charge is 2.15. The van der Waals surface area contributed by atoms with Crippen LogP contribution < -0.4 is 0 Å². The molecule has 0 radical (unpaired) electrons. The number of amides is 1. The van der Waals surface area contributed by atoms with Crippen molar-refractivity contribution < 1.29 is 14.3 Å². The monoisotopic (exact) mass is 241 g/mol. The summed E-state index contributed by atoms with van der Waals surface area (Å²) in [7, 11) is 1.59. The van der Waals surface area contributed by atoms with E-state index in [4.69, 9.17) is 4.74 Å². The molecule has 0 spiro atoms. The zero-order valence-corrected chi connectivity index (χ0v) is 10.3. The normalized spacial score (nSPS) is 9.88. The van der Waals surface area contributed by atoms with Crippen LogP contribution in [0.1, 0.15) is 23.0 Å². The lowest BCUT2D eigenvalue weighted by atomic mass is 10.4. The number of hydrogen-bond donors (Lipinski definition) is 0. The van der Waals surface area contributed by atoms with Gasteiger partial charge in [-0.25, -0.2) is 0 Å². The van der Waals surface area contributed by atoms with Crippen LogP contribution in [0, 0.1) is 0 Å². The van der Waals surface area contributed by atoms with E-state index in [9.17, 15) is 9.59 Å². The van der Waals surface area contributed by atoms with Crippen molar-refractivity contribution in [3.05, 3.63) is 22.4 Å². The number of esters is 1. The smallest absolute Gasteiger partial charge is 0.325 e. The summed E-state index contributed by atoms with van der Waals surface area (Å²) >= 11 is 1.36. The third-order valence-electron chi connectivity index (χ3n) is 1.91. The van der Waals surface area contributed by atoms with Crippen molar-refractivity contribution in [2.75, 3.05) is 20.2 Å². The fourth-order valence-corrected chi connectivity index (χ4v) is 1.83. The molecule has 0 aliphatic heterocycles. The third kappa shape index (κ3) is 3.66. The molecule has 0 bridgehead atoms. The maximum atomic E-state index is 11.7. The molecule has 1 rings (SSSR count). The second-order valence-electron chi connectivity index (χ2n) is 3.36. The molecule has 0 N–H and O–H groups in total. The molecule has 4 nitrogen and oxygen atoms in total. The fraction of sp³-hybridized carbons (Fsp3) is 0.455. The first-order chi connectivity index (χ1) is 7.65. The predicted octanol–water partition coefficient (Wildman–Crippen LogP) is 1.77. The highest BCUT2D eigenvalue weighted by atomic mass is 32.1. The Balaban J connectivity index is 2.43. The number of rotatable bonds is 5. The van der Waals surface area contributed by atoms with Gasteiger partial charge in [0.15, 0.2) is 0 Å². The molecule has 1 aromatic rings. The van der Waals surface area contributed by atoms with E-state index in [1.807, 2.05) is 12.3 Å². The molecule has 0 aliphatic carbocycles. The van der Waals surface area contributed by atoms with Gasteiger partial charge in [-0.1, -0.05) is 13.0 Å². The summed E-state index contributed by atoms with van der Waals surface area (Å²) in [6.45, 7) is 2.32.